The highest BCUT2D eigenvalue weighted by atomic mass is 16.1. The van der Waals surface area contributed by atoms with Crippen LogP contribution in [0.2, 0.25) is 0 Å². The third kappa shape index (κ3) is 4.53. The van der Waals surface area contributed by atoms with Crippen molar-refractivity contribution >= 4 is 5.91 Å². The van der Waals surface area contributed by atoms with Gasteiger partial charge in [-0.05, 0) is 50.3 Å². The van der Waals surface area contributed by atoms with Crippen LogP contribution in [-0.2, 0) is 4.79 Å². The molecule has 1 heterocycles. The summed E-state index contributed by atoms with van der Waals surface area (Å²) in [5.41, 5.74) is 3.46. The molecule has 0 spiro atoms. The quantitative estimate of drug-likeness (QED) is 0.864. The van der Waals surface area contributed by atoms with Gasteiger partial charge in [0.05, 0.1) is 5.92 Å². The molecule has 26 heavy (non-hydrogen) atoms. The summed E-state index contributed by atoms with van der Waals surface area (Å²) in [5, 5.41) is 3.26. The molecule has 1 atom stereocenters. The minimum absolute atomic E-state index is 0.122. The van der Waals surface area contributed by atoms with E-state index in [-0.39, 0.29) is 11.8 Å². The Morgan fingerprint density at radius 1 is 0.923 bits per heavy atom. The number of piperidine rings is 1. The van der Waals surface area contributed by atoms with E-state index in [4.69, 9.17) is 0 Å². The molecule has 1 fully saturated rings. The van der Waals surface area contributed by atoms with Gasteiger partial charge in [0, 0.05) is 25.2 Å². The zero-order chi connectivity index (χ0) is 18.5. The van der Waals surface area contributed by atoms with Gasteiger partial charge in [0.1, 0.15) is 0 Å². The predicted octanol–water partition coefficient (Wildman–Crippen LogP) is 4.45. The second kappa shape index (κ2) is 8.50. The smallest absolute Gasteiger partial charge is 0.227 e. The monoisotopic (exact) mass is 350 g/mol. The fourth-order valence-electron chi connectivity index (χ4n) is 3.63. The van der Waals surface area contributed by atoms with Gasteiger partial charge >= 0.3 is 0 Å². The maximum Gasteiger partial charge on any atom is 0.227 e. The number of hydrogen-bond acceptors (Lipinski definition) is 2. The van der Waals surface area contributed by atoms with E-state index in [9.17, 15) is 4.79 Å². The lowest BCUT2D eigenvalue weighted by molar-refractivity contribution is -0.123. The molecule has 0 aliphatic carbocycles. The van der Waals surface area contributed by atoms with E-state index in [2.05, 4.69) is 60.5 Å². The van der Waals surface area contributed by atoms with Crippen LogP contribution in [-0.4, -0.2) is 36.0 Å². The van der Waals surface area contributed by atoms with Crippen molar-refractivity contribution in [1.29, 1.82) is 0 Å². The summed E-state index contributed by atoms with van der Waals surface area (Å²) < 4.78 is 0. The number of hydrogen-bond donors (Lipinski definition) is 1. The van der Waals surface area contributed by atoms with Crippen molar-refractivity contribution in [2.45, 2.75) is 51.6 Å². The molecule has 0 aromatic heterocycles. The van der Waals surface area contributed by atoms with E-state index >= 15 is 0 Å². The molecule has 0 saturated carbocycles. The summed E-state index contributed by atoms with van der Waals surface area (Å²) in [6.45, 7) is 8.61. The molecule has 2 aromatic carbocycles. The topological polar surface area (TPSA) is 32.3 Å². The van der Waals surface area contributed by atoms with Crippen molar-refractivity contribution in [2.75, 3.05) is 13.1 Å². The molecule has 3 heteroatoms. The number of rotatable bonds is 5. The summed E-state index contributed by atoms with van der Waals surface area (Å²) in [6, 6.07) is 19.6. The Morgan fingerprint density at radius 3 is 2.08 bits per heavy atom. The Morgan fingerprint density at radius 2 is 1.50 bits per heavy atom. The molecule has 2 aromatic rings. The molecule has 1 N–H and O–H groups in total. The number of nitrogens with one attached hydrogen (secondary N) is 1. The fourth-order valence-corrected chi connectivity index (χ4v) is 3.63. The zero-order valence-electron chi connectivity index (χ0n) is 16.1. The number of benzene rings is 2. The molecule has 1 unspecified atom stereocenters. The van der Waals surface area contributed by atoms with E-state index in [1.807, 2.05) is 25.1 Å². The third-order valence-corrected chi connectivity index (χ3v) is 5.52. The van der Waals surface area contributed by atoms with Crippen molar-refractivity contribution < 1.29 is 4.79 Å². The third-order valence-electron chi connectivity index (χ3n) is 5.52. The molecule has 1 amide bonds. The Kier molecular flexibility index (Phi) is 6.10. The number of carbonyl (C=O) groups excluding carboxylic acids is 1. The summed E-state index contributed by atoms with van der Waals surface area (Å²) in [4.78, 5) is 15.1. The van der Waals surface area contributed by atoms with E-state index in [0.29, 0.717) is 12.1 Å². The number of carbonyl (C=O) groups is 1. The minimum atomic E-state index is -0.122. The van der Waals surface area contributed by atoms with Gasteiger partial charge in [-0.3, -0.25) is 4.79 Å². The SMILES string of the molecule is CC(C(=O)NC1CCN(C(C)C)CC1)c1ccc(-c2ccccc2)cc1. The lowest BCUT2D eigenvalue weighted by atomic mass is 9.96. The van der Waals surface area contributed by atoms with Crippen LogP contribution in [0.25, 0.3) is 11.1 Å². The molecule has 3 nitrogen and oxygen atoms in total. The van der Waals surface area contributed by atoms with Gasteiger partial charge in [-0.15, -0.1) is 0 Å². The van der Waals surface area contributed by atoms with Crippen molar-refractivity contribution in [2.24, 2.45) is 0 Å². The maximum atomic E-state index is 12.7. The van der Waals surface area contributed by atoms with Crippen LogP contribution in [0.4, 0.5) is 0 Å². The Balaban J connectivity index is 1.57. The number of likely N-dealkylation sites (tertiary alicyclic amines) is 1. The first-order valence-corrected chi connectivity index (χ1v) is 9.74. The first kappa shape index (κ1) is 18.7. The Labute approximate surface area is 157 Å². The second-order valence-electron chi connectivity index (χ2n) is 7.62. The van der Waals surface area contributed by atoms with Gasteiger partial charge in [-0.2, -0.15) is 0 Å². The normalized spacial score (nSPS) is 17.2. The molecular formula is C23H30N2O. The molecule has 1 aliphatic rings. The maximum absolute atomic E-state index is 12.7. The summed E-state index contributed by atoms with van der Waals surface area (Å²) >= 11 is 0. The highest BCUT2D eigenvalue weighted by molar-refractivity contribution is 5.83. The average Bonchev–Trinajstić information content (AvgIpc) is 2.68. The average molecular weight is 351 g/mol. The molecule has 1 saturated heterocycles. The predicted molar refractivity (Wildman–Crippen MR) is 108 cm³/mol. The largest absolute Gasteiger partial charge is 0.353 e. The van der Waals surface area contributed by atoms with Crippen LogP contribution in [0.3, 0.4) is 0 Å². The lowest BCUT2D eigenvalue weighted by Gasteiger charge is -2.35. The highest BCUT2D eigenvalue weighted by Crippen LogP contribution is 2.23. The number of nitrogens with zero attached hydrogens (tertiary/aromatic N) is 1. The van der Waals surface area contributed by atoms with Crippen LogP contribution >= 0.6 is 0 Å². The van der Waals surface area contributed by atoms with E-state index in [1.54, 1.807) is 0 Å². The molecule has 1 aliphatic heterocycles. The van der Waals surface area contributed by atoms with Crippen LogP contribution in [0.5, 0.6) is 0 Å². The molecule has 0 radical (unpaired) electrons. The fraction of sp³-hybridized carbons (Fsp3) is 0.435. The second-order valence-corrected chi connectivity index (χ2v) is 7.62. The first-order chi connectivity index (χ1) is 12.5. The van der Waals surface area contributed by atoms with Crippen molar-refractivity contribution in [1.82, 2.24) is 10.2 Å². The van der Waals surface area contributed by atoms with E-state index in [0.717, 1.165) is 31.5 Å². The summed E-state index contributed by atoms with van der Waals surface area (Å²) in [7, 11) is 0. The molecule has 3 rings (SSSR count). The molecular weight excluding hydrogens is 320 g/mol. The summed E-state index contributed by atoms with van der Waals surface area (Å²) in [5.74, 6) is 0.0170. The minimum Gasteiger partial charge on any atom is -0.353 e. The lowest BCUT2D eigenvalue weighted by Crippen LogP contribution is -2.47. The van der Waals surface area contributed by atoms with Crippen molar-refractivity contribution in [3.05, 3.63) is 60.2 Å². The highest BCUT2D eigenvalue weighted by Gasteiger charge is 2.24. The van der Waals surface area contributed by atoms with Crippen LogP contribution in [0.15, 0.2) is 54.6 Å². The summed E-state index contributed by atoms with van der Waals surface area (Å²) in [6.07, 6.45) is 2.09. The van der Waals surface area contributed by atoms with Gasteiger partial charge in [-0.1, -0.05) is 54.6 Å². The van der Waals surface area contributed by atoms with Gasteiger partial charge in [0.15, 0.2) is 0 Å². The number of amides is 1. The standard InChI is InChI=1S/C23H30N2O/c1-17(2)25-15-13-22(14-16-25)24-23(26)18(3)19-9-11-21(12-10-19)20-7-5-4-6-8-20/h4-12,17-18,22H,13-16H2,1-3H3,(H,24,26). The first-order valence-electron chi connectivity index (χ1n) is 9.74. The van der Waals surface area contributed by atoms with E-state index in [1.165, 1.54) is 11.1 Å². The Bertz CT molecular complexity index is 701. The van der Waals surface area contributed by atoms with Gasteiger partial charge in [0.25, 0.3) is 0 Å². The van der Waals surface area contributed by atoms with Gasteiger partial charge in [-0.25, -0.2) is 0 Å². The van der Waals surface area contributed by atoms with Crippen LogP contribution in [0, 0.1) is 0 Å². The van der Waals surface area contributed by atoms with Gasteiger partial charge < -0.3 is 10.2 Å². The molecule has 138 valence electrons. The Hall–Kier alpha value is -2.13. The van der Waals surface area contributed by atoms with Crippen molar-refractivity contribution in [3.63, 3.8) is 0 Å². The molecule has 0 bridgehead atoms. The van der Waals surface area contributed by atoms with Crippen molar-refractivity contribution in [3.8, 4) is 11.1 Å². The van der Waals surface area contributed by atoms with Crippen LogP contribution in [0.1, 0.15) is 45.1 Å². The zero-order valence-corrected chi connectivity index (χ0v) is 16.1. The van der Waals surface area contributed by atoms with Gasteiger partial charge in [0.2, 0.25) is 5.91 Å². The van der Waals surface area contributed by atoms with E-state index < -0.39 is 0 Å². The van der Waals surface area contributed by atoms with Crippen LogP contribution < -0.4 is 5.32 Å².